The van der Waals surface area contributed by atoms with Crippen molar-refractivity contribution >= 4 is 29.4 Å². The molecule has 4 nitrogen and oxygen atoms in total. The number of pyridine rings is 1. The molecule has 1 aliphatic heterocycles. The molecule has 2 heterocycles. The van der Waals surface area contributed by atoms with Crippen molar-refractivity contribution in [3.8, 4) is 0 Å². The highest BCUT2D eigenvalue weighted by Crippen LogP contribution is 2.27. The summed E-state index contributed by atoms with van der Waals surface area (Å²) in [5.74, 6) is 0. The number of benzene rings is 1. The van der Waals surface area contributed by atoms with Crippen molar-refractivity contribution in [3.05, 3.63) is 41.1 Å². The molecule has 23 heavy (non-hydrogen) atoms. The third-order valence-corrected chi connectivity index (χ3v) is 4.33. The Morgan fingerprint density at radius 2 is 1.96 bits per heavy atom. The lowest BCUT2D eigenvalue weighted by Gasteiger charge is -2.18. The maximum Gasteiger partial charge on any atom is 0.409 e. The van der Waals surface area contributed by atoms with Gasteiger partial charge in [-0.05, 0) is 37.0 Å². The lowest BCUT2D eigenvalue weighted by Crippen LogP contribution is -2.33. The summed E-state index contributed by atoms with van der Waals surface area (Å²) in [6, 6.07) is 8.32. The summed E-state index contributed by atoms with van der Waals surface area (Å²) in [5, 5.41) is 1.24. The molecular weight excluding hydrogens is 312 g/mol. The van der Waals surface area contributed by atoms with Gasteiger partial charge in [0.1, 0.15) is 0 Å². The molecule has 1 aromatic heterocycles. The van der Waals surface area contributed by atoms with E-state index in [-0.39, 0.29) is 18.5 Å². The summed E-state index contributed by atoms with van der Waals surface area (Å²) >= 11 is 0. The predicted octanol–water partition coefficient (Wildman–Crippen LogP) is 3.78. The van der Waals surface area contributed by atoms with Crippen LogP contribution in [0.1, 0.15) is 30.7 Å². The number of rotatable bonds is 2. The number of halogens is 1. The van der Waals surface area contributed by atoms with Crippen LogP contribution in [-0.2, 0) is 24.0 Å². The standard InChI is InChI=1S/C18H22N2O2.ClH/c1-3-13-14-7-5-6-8-16(14)19-17-10-12-20(11-9-15(13)17)18(21)22-4-2;/h5-8H,3-4,9-12H2,1-2H3;1H. The van der Waals surface area contributed by atoms with Crippen LogP contribution in [0.3, 0.4) is 0 Å². The molecule has 1 amide bonds. The van der Waals surface area contributed by atoms with Crippen molar-refractivity contribution in [1.82, 2.24) is 9.88 Å². The van der Waals surface area contributed by atoms with Gasteiger partial charge in [-0.15, -0.1) is 12.4 Å². The van der Waals surface area contributed by atoms with Crippen LogP contribution in [0.4, 0.5) is 4.79 Å². The van der Waals surface area contributed by atoms with Crippen LogP contribution in [0.2, 0.25) is 0 Å². The third kappa shape index (κ3) is 3.42. The number of carbonyl (C=O) groups is 1. The third-order valence-electron chi connectivity index (χ3n) is 4.33. The van der Waals surface area contributed by atoms with Gasteiger partial charge in [0.25, 0.3) is 0 Å². The van der Waals surface area contributed by atoms with Crippen molar-refractivity contribution in [2.75, 3.05) is 19.7 Å². The van der Waals surface area contributed by atoms with E-state index in [0.717, 1.165) is 30.5 Å². The quantitative estimate of drug-likeness (QED) is 0.839. The number of nitrogens with zero attached hydrogens (tertiary/aromatic N) is 2. The van der Waals surface area contributed by atoms with Gasteiger partial charge in [-0.1, -0.05) is 25.1 Å². The largest absolute Gasteiger partial charge is 0.450 e. The monoisotopic (exact) mass is 334 g/mol. The maximum atomic E-state index is 12.0. The minimum absolute atomic E-state index is 0. The normalized spacial score (nSPS) is 13.9. The summed E-state index contributed by atoms with van der Waals surface area (Å²) in [6.07, 6.45) is 2.43. The summed E-state index contributed by atoms with van der Waals surface area (Å²) in [7, 11) is 0. The van der Waals surface area contributed by atoms with Gasteiger partial charge in [0.15, 0.2) is 0 Å². The highest BCUT2D eigenvalue weighted by molar-refractivity contribution is 5.85. The van der Waals surface area contributed by atoms with Crippen LogP contribution < -0.4 is 0 Å². The first kappa shape index (κ1) is 17.5. The van der Waals surface area contributed by atoms with E-state index >= 15 is 0 Å². The van der Waals surface area contributed by atoms with Crippen molar-refractivity contribution in [2.45, 2.75) is 33.1 Å². The lowest BCUT2D eigenvalue weighted by atomic mass is 9.96. The summed E-state index contributed by atoms with van der Waals surface area (Å²) < 4.78 is 5.14. The minimum Gasteiger partial charge on any atom is -0.450 e. The fourth-order valence-electron chi connectivity index (χ4n) is 3.28. The van der Waals surface area contributed by atoms with Gasteiger partial charge in [-0.3, -0.25) is 4.98 Å². The zero-order valence-electron chi connectivity index (χ0n) is 13.7. The van der Waals surface area contributed by atoms with E-state index in [1.165, 1.54) is 16.5 Å². The summed E-state index contributed by atoms with van der Waals surface area (Å²) in [5.41, 5.74) is 4.91. The molecule has 1 aromatic carbocycles. The highest BCUT2D eigenvalue weighted by Gasteiger charge is 2.22. The van der Waals surface area contributed by atoms with Crippen LogP contribution in [-0.4, -0.2) is 35.7 Å². The van der Waals surface area contributed by atoms with Crippen LogP contribution in [0.25, 0.3) is 10.9 Å². The first-order valence-corrected chi connectivity index (χ1v) is 8.05. The van der Waals surface area contributed by atoms with Crippen LogP contribution in [0, 0.1) is 0 Å². The average molecular weight is 335 g/mol. The second-order valence-electron chi connectivity index (χ2n) is 5.57. The summed E-state index contributed by atoms with van der Waals surface area (Å²) in [4.78, 5) is 18.6. The molecule has 0 saturated heterocycles. The molecule has 0 saturated carbocycles. The molecular formula is C18H23ClN2O2. The van der Waals surface area contributed by atoms with Gasteiger partial charge in [-0.2, -0.15) is 0 Å². The number of hydrogen-bond donors (Lipinski definition) is 0. The predicted molar refractivity (Wildman–Crippen MR) is 94.4 cm³/mol. The first-order chi connectivity index (χ1) is 10.7. The molecule has 0 bridgehead atoms. The van der Waals surface area contributed by atoms with Crippen LogP contribution >= 0.6 is 12.4 Å². The number of ether oxygens (including phenoxy) is 1. The fraction of sp³-hybridized carbons (Fsp3) is 0.444. The van der Waals surface area contributed by atoms with E-state index in [4.69, 9.17) is 9.72 Å². The van der Waals surface area contributed by atoms with E-state index in [9.17, 15) is 4.79 Å². The van der Waals surface area contributed by atoms with E-state index in [2.05, 4.69) is 25.1 Å². The van der Waals surface area contributed by atoms with Gasteiger partial charge in [-0.25, -0.2) is 4.79 Å². The highest BCUT2D eigenvalue weighted by atomic mass is 35.5. The second kappa shape index (κ2) is 7.64. The van der Waals surface area contributed by atoms with Crippen molar-refractivity contribution in [2.24, 2.45) is 0 Å². The Balaban J connectivity index is 0.00000192. The molecule has 0 atom stereocenters. The molecule has 124 valence electrons. The van der Waals surface area contributed by atoms with E-state index in [1.807, 2.05) is 13.0 Å². The molecule has 0 radical (unpaired) electrons. The fourth-order valence-corrected chi connectivity index (χ4v) is 3.28. The topological polar surface area (TPSA) is 42.4 Å². The number of hydrogen-bond acceptors (Lipinski definition) is 3. The number of para-hydroxylation sites is 1. The van der Waals surface area contributed by atoms with Crippen LogP contribution in [0.5, 0.6) is 0 Å². The number of aryl methyl sites for hydroxylation is 1. The zero-order chi connectivity index (χ0) is 15.5. The van der Waals surface area contributed by atoms with Crippen molar-refractivity contribution in [3.63, 3.8) is 0 Å². The van der Waals surface area contributed by atoms with Crippen molar-refractivity contribution in [1.29, 1.82) is 0 Å². The molecule has 1 aliphatic rings. The SMILES string of the molecule is CCOC(=O)N1CCc2nc3ccccc3c(CC)c2CC1.Cl. The number of amides is 1. The average Bonchev–Trinajstić information content (AvgIpc) is 2.75. The van der Waals surface area contributed by atoms with Gasteiger partial charge in [0.2, 0.25) is 0 Å². The van der Waals surface area contributed by atoms with Gasteiger partial charge < -0.3 is 9.64 Å². The Labute approximate surface area is 143 Å². The molecule has 3 rings (SSSR count). The molecule has 0 aliphatic carbocycles. The number of aromatic nitrogens is 1. The molecule has 0 fully saturated rings. The van der Waals surface area contributed by atoms with Crippen molar-refractivity contribution < 1.29 is 9.53 Å². The smallest absolute Gasteiger partial charge is 0.409 e. The van der Waals surface area contributed by atoms with Gasteiger partial charge in [0.05, 0.1) is 12.1 Å². The number of carbonyl (C=O) groups excluding carboxylic acids is 1. The molecule has 2 aromatic rings. The van der Waals surface area contributed by atoms with Gasteiger partial charge >= 0.3 is 6.09 Å². The van der Waals surface area contributed by atoms with E-state index in [1.54, 1.807) is 4.90 Å². The minimum atomic E-state index is -0.210. The molecule has 5 heteroatoms. The molecule has 0 unspecified atom stereocenters. The van der Waals surface area contributed by atoms with Crippen LogP contribution in [0.15, 0.2) is 24.3 Å². The number of fused-ring (bicyclic) bond motifs is 2. The maximum absolute atomic E-state index is 12.0. The Hall–Kier alpha value is -1.81. The lowest BCUT2D eigenvalue weighted by molar-refractivity contribution is 0.109. The first-order valence-electron chi connectivity index (χ1n) is 8.05. The van der Waals surface area contributed by atoms with E-state index < -0.39 is 0 Å². The Bertz CT molecular complexity index is 703. The Morgan fingerprint density at radius 3 is 2.70 bits per heavy atom. The molecule has 0 spiro atoms. The Morgan fingerprint density at radius 1 is 1.22 bits per heavy atom. The molecule has 0 N–H and O–H groups in total. The zero-order valence-corrected chi connectivity index (χ0v) is 14.5. The second-order valence-corrected chi connectivity index (χ2v) is 5.57. The van der Waals surface area contributed by atoms with E-state index in [0.29, 0.717) is 19.7 Å². The Kier molecular flexibility index (Phi) is 5.83. The van der Waals surface area contributed by atoms with Gasteiger partial charge in [0, 0.05) is 30.6 Å². The summed E-state index contributed by atoms with van der Waals surface area (Å²) in [6.45, 7) is 5.84.